The van der Waals surface area contributed by atoms with Gasteiger partial charge in [-0.1, -0.05) is 24.3 Å². The van der Waals surface area contributed by atoms with Gasteiger partial charge in [0.2, 0.25) is 5.78 Å². The Labute approximate surface area is 107 Å². The summed E-state index contributed by atoms with van der Waals surface area (Å²) in [5, 5.41) is 0. The van der Waals surface area contributed by atoms with E-state index in [0.29, 0.717) is 13.2 Å². The molecule has 4 nitrogen and oxygen atoms in total. The van der Waals surface area contributed by atoms with Crippen molar-refractivity contribution in [1.82, 2.24) is 0 Å². The first kappa shape index (κ1) is 14.4. The number of hydrogen-bond donors (Lipinski definition) is 0. The molecule has 0 heterocycles. The van der Waals surface area contributed by atoms with Crippen LogP contribution in [-0.4, -0.2) is 25.0 Å². The van der Waals surface area contributed by atoms with Crippen molar-refractivity contribution in [1.29, 1.82) is 0 Å². The maximum atomic E-state index is 11.5. The Balaban J connectivity index is 2.52. The van der Waals surface area contributed by atoms with E-state index in [2.05, 4.69) is 4.74 Å². The third kappa shape index (κ3) is 4.67. The van der Waals surface area contributed by atoms with Crippen molar-refractivity contribution >= 4 is 11.8 Å². The Morgan fingerprint density at radius 3 is 2.17 bits per heavy atom. The van der Waals surface area contributed by atoms with Gasteiger partial charge in [-0.3, -0.25) is 4.79 Å². The minimum atomic E-state index is -0.768. The number of carbonyl (C=O) groups is 2. The van der Waals surface area contributed by atoms with E-state index in [1.807, 2.05) is 31.2 Å². The molecule has 1 rings (SSSR count). The van der Waals surface area contributed by atoms with Gasteiger partial charge in [0.15, 0.2) is 0 Å². The Morgan fingerprint density at radius 1 is 1.00 bits per heavy atom. The van der Waals surface area contributed by atoms with E-state index >= 15 is 0 Å². The molecule has 0 spiro atoms. The van der Waals surface area contributed by atoms with Crippen LogP contribution in [0.5, 0.6) is 0 Å². The van der Waals surface area contributed by atoms with Crippen molar-refractivity contribution in [3.63, 3.8) is 0 Å². The van der Waals surface area contributed by atoms with Crippen LogP contribution in [0.25, 0.3) is 0 Å². The molecule has 0 aliphatic rings. The Hall–Kier alpha value is -1.68. The molecule has 0 atom stereocenters. The molecule has 1 aromatic rings. The summed E-state index contributed by atoms with van der Waals surface area (Å²) >= 11 is 0. The van der Waals surface area contributed by atoms with Crippen molar-refractivity contribution in [2.45, 2.75) is 26.9 Å². The first-order valence-corrected chi connectivity index (χ1v) is 6.02. The number of benzene rings is 1. The summed E-state index contributed by atoms with van der Waals surface area (Å²) in [6, 6.07) is 7.43. The second-order valence-electron chi connectivity index (χ2n) is 3.77. The lowest BCUT2D eigenvalue weighted by Gasteiger charge is -2.04. The van der Waals surface area contributed by atoms with Gasteiger partial charge in [-0.2, -0.15) is 0 Å². The highest BCUT2D eigenvalue weighted by atomic mass is 16.5. The summed E-state index contributed by atoms with van der Waals surface area (Å²) in [6.07, 6.45) is 0.0771. The molecule has 0 bridgehead atoms. The molecule has 0 aliphatic carbocycles. The molecule has 0 aromatic heterocycles. The van der Waals surface area contributed by atoms with Gasteiger partial charge in [0.1, 0.15) is 0 Å². The van der Waals surface area contributed by atoms with E-state index in [9.17, 15) is 9.59 Å². The molecule has 0 N–H and O–H groups in total. The molecular weight excluding hydrogens is 232 g/mol. The number of carbonyl (C=O) groups excluding carboxylic acids is 2. The number of hydrogen-bond acceptors (Lipinski definition) is 4. The van der Waals surface area contributed by atoms with E-state index in [4.69, 9.17) is 4.74 Å². The van der Waals surface area contributed by atoms with Crippen molar-refractivity contribution in [3.8, 4) is 0 Å². The molecule has 0 saturated heterocycles. The fourth-order valence-corrected chi connectivity index (χ4v) is 1.44. The fourth-order valence-electron chi connectivity index (χ4n) is 1.44. The average Bonchev–Trinajstić information content (AvgIpc) is 2.38. The van der Waals surface area contributed by atoms with Crippen LogP contribution in [0.15, 0.2) is 24.3 Å². The minimum absolute atomic E-state index is 0.0771. The molecule has 98 valence electrons. The third-order valence-electron chi connectivity index (χ3n) is 2.36. The van der Waals surface area contributed by atoms with E-state index in [1.54, 1.807) is 6.92 Å². The Kier molecular flexibility index (Phi) is 6.08. The average molecular weight is 250 g/mol. The van der Waals surface area contributed by atoms with Crippen LogP contribution in [-0.2, 0) is 32.1 Å². The first-order chi connectivity index (χ1) is 8.67. The van der Waals surface area contributed by atoms with Crippen molar-refractivity contribution < 1.29 is 19.1 Å². The maximum absolute atomic E-state index is 11.5. The second-order valence-corrected chi connectivity index (χ2v) is 3.77. The highest BCUT2D eigenvalue weighted by molar-refractivity contribution is 6.34. The lowest BCUT2D eigenvalue weighted by atomic mass is 10.1. The van der Waals surface area contributed by atoms with E-state index in [1.165, 1.54) is 0 Å². The first-order valence-electron chi connectivity index (χ1n) is 6.02. The number of ketones is 1. The van der Waals surface area contributed by atoms with Crippen LogP contribution >= 0.6 is 0 Å². The SMILES string of the molecule is CCOCc1ccc(CC(=O)C(=O)OCC)cc1. The zero-order valence-corrected chi connectivity index (χ0v) is 10.8. The maximum Gasteiger partial charge on any atom is 0.374 e. The van der Waals surface area contributed by atoms with Gasteiger partial charge in [0, 0.05) is 13.0 Å². The van der Waals surface area contributed by atoms with Gasteiger partial charge in [0.25, 0.3) is 0 Å². The predicted octanol–water partition coefficient (Wildman–Crippen LogP) is 1.90. The van der Waals surface area contributed by atoms with Crippen LogP contribution in [0.3, 0.4) is 0 Å². The van der Waals surface area contributed by atoms with Crippen LogP contribution in [0, 0.1) is 0 Å². The van der Waals surface area contributed by atoms with E-state index in [-0.39, 0.29) is 13.0 Å². The van der Waals surface area contributed by atoms with Crippen molar-refractivity contribution in [2.75, 3.05) is 13.2 Å². The summed E-state index contributed by atoms with van der Waals surface area (Å²) in [5.41, 5.74) is 1.84. The molecule has 0 unspecified atom stereocenters. The number of rotatable bonds is 7. The van der Waals surface area contributed by atoms with Crippen LogP contribution in [0.4, 0.5) is 0 Å². The lowest BCUT2D eigenvalue weighted by molar-refractivity contribution is -0.153. The van der Waals surface area contributed by atoms with Crippen LogP contribution < -0.4 is 0 Å². The third-order valence-corrected chi connectivity index (χ3v) is 2.36. The van der Waals surface area contributed by atoms with Gasteiger partial charge in [-0.15, -0.1) is 0 Å². The van der Waals surface area contributed by atoms with Gasteiger partial charge in [0.05, 0.1) is 13.2 Å². The topological polar surface area (TPSA) is 52.6 Å². The highest BCUT2D eigenvalue weighted by Crippen LogP contribution is 2.07. The normalized spacial score (nSPS) is 10.1. The molecule has 0 amide bonds. The second kappa shape index (κ2) is 7.61. The molecule has 0 radical (unpaired) electrons. The number of esters is 1. The van der Waals surface area contributed by atoms with Crippen LogP contribution in [0.1, 0.15) is 25.0 Å². The smallest absolute Gasteiger partial charge is 0.374 e. The van der Waals surface area contributed by atoms with Crippen LogP contribution in [0.2, 0.25) is 0 Å². The van der Waals surface area contributed by atoms with Gasteiger partial charge in [-0.05, 0) is 25.0 Å². The summed E-state index contributed by atoms with van der Waals surface area (Å²) in [5.74, 6) is -1.29. The number of Topliss-reactive ketones (excluding diaryl/α,β-unsaturated/α-hetero) is 1. The van der Waals surface area contributed by atoms with Gasteiger partial charge in [-0.25, -0.2) is 4.79 Å². The monoisotopic (exact) mass is 250 g/mol. The van der Waals surface area contributed by atoms with Gasteiger partial charge >= 0.3 is 5.97 Å². The predicted molar refractivity (Wildman–Crippen MR) is 67.1 cm³/mol. The quantitative estimate of drug-likeness (QED) is 0.548. The largest absolute Gasteiger partial charge is 0.460 e. The zero-order valence-electron chi connectivity index (χ0n) is 10.8. The summed E-state index contributed by atoms with van der Waals surface area (Å²) in [7, 11) is 0. The van der Waals surface area contributed by atoms with Crippen molar-refractivity contribution in [2.24, 2.45) is 0 Å². The molecule has 0 fully saturated rings. The van der Waals surface area contributed by atoms with Gasteiger partial charge < -0.3 is 9.47 Å². The highest BCUT2D eigenvalue weighted by Gasteiger charge is 2.14. The summed E-state index contributed by atoms with van der Waals surface area (Å²) in [4.78, 5) is 22.6. The molecule has 4 heteroatoms. The Bertz CT molecular complexity index is 395. The standard InChI is InChI=1S/C14H18O4/c1-3-17-10-12-7-5-11(6-8-12)9-13(15)14(16)18-4-2/h5-8H,3-4,9-10H2,1-2H3. The summed E-state index contributed by atoms with van der Waals surface area (Å²) < 4.78 is 9.91. The molecule has 0 saturated carbocycles. The zero-order chi connectivity index (χ0) is 13.4. The Morgan fingerprint density at radius 2 is 1.61 bits per heavy atom. The molecule has 18 heavy (non-hydrogen) atoms. The lowest BCUT2D eigenvalue weighted by Crippen LogP contribution is -2.19. The van der Waals surface area contributed by atoms with E-state index in [0.717, 1.165) is 11.1 Å². The molecule has 0 aliphatic heterocycles. The van der Waals surface area contributed by atoms with E-state index < -0.39 is 11.8 Å². The molecule has 1 aromatic carbocycles. The van der Waals surface area contributed by atoms with Crippen molar-refractivity contribution in [3.05, 3.63) is 35.4 Å². The molecular formula is C14H18O4. The fraction of sp³-hybridized carbons (Fsp3) is 0.429. The minimum Gasteiger partial charge on any atom is -0.460 e. The summed E-state index contributed by atoms with van der Waals surface area (Å²) in [6.45, 7) is 5.06. The number of ether oxygens (including phenoxy) is 2.